The standard InChI is InChI=1S/C21H32N2O3/c1-20(2,25)11-9-17-5-7-18(8-6-17)15-23-13-4-10-21(12-14-23)16-22(3)19(24)26-21/h5-8,25H,4,9-16H2,1-3H3/t21-/m0/s1. The zero-order valence-corrected chi connectivity index (χ0v) is 16.3. The van der Waals surface area contributed by atoms with E-state index in [1.54, 1.807) is 4.90 Å². The van der Waals surface area contributed by atoms with E-state index in [-0.39, 0.29) is 11.7 Å². The predicted molar refractivity (Wildman–Crippen MR) is 102 cm³/mol. The van der Waals surface area contributed by atoms with Gasteiger partial charge < -0.3 is 14.7 Å². The fourth-order valence-corrected chi connectivity index (χ4v) is 3.95. The lowest BCUT2D eigenvalue weighted by molar-refractivity contribution is 0.0443. The zero-order valence-electron chi connectivity index (χ0n) is 16.3. The normalized spacial score (nSPS) is 24.8. The lowest BCUT2D eigenvalue weighted by atomic mass is 9.95. The molecule has 26 heavy (non-hydrogen) atoms. The maximum absolute atomic E-state index is 11.8. The van der Waals surface area contributed by atoms with Gasteiger partial charge in [-0.2, -0.15) is 0 Å². The van der Waals surface area contributed by atoms with Gasteiger partial charge in [-0.1, -0.05) is 24.3 Å². The molecule has 1 amide bonds. The van der Waals surface area contributed by atoms with Crippen LogP contribution in [0.25, 0.3) is 0 Å². The lowest BCUT2D eigenvalue weighted by Crippen LogP contribution is -2.35. The van der Waals surface area contributed by atoms with Crippen LogP contribution in [0.1, 0.15) is 50.7 Å². The van der Waals surface area contributed by atoms with Gasteiger partial charge in [0.25, 0.3) is 0 Å². The van der Waals surface area contributed by atoms with Crippen molar-refractivity contribution < 1.29 is 14.6 Å². The van der Waals surface area contributed by atoms with Gasteiger partial charge >= 0.3 is 6.09 Å². The van der Waals surface area contributed by atoms with Crippen molar-refractivity contribution in [2.75, 3.05) is 26.7 Å². The first-order valence-corrected chi connectivity index (χ1v) is 9.71. The van der Waals surface area contributed by atoms with Crippen molar-refractivity contribution >= 4 is 6.09 Å². The minimum absolute atomic E-state index is 0.180. The molecule has 0 bridgehead atoms. The molecule has 0 aliphatic carbocycles. The van der Waals surface area contributed by atoms with E-state index in [2.05, 4.69) is 29.2 Å². The van der Waals surface area contributed by atoms with Crippen molar-refractivity contribution in [3.05, 3.63) is 35.4 Å². The Hall–Kier alpha value is -1.59. The summed E-state index contributed by atoms with van der Waals surface area (Å²) in [5.74, 6) is 0. The third-order valence-electron chi connectivity index (χ3n) is 5.59. The highest BCUT2D eigenvalue weighted by Gasteiger charge is 2.44. The molecule has 2 heterocycles. The molecule has 1 spiro atoms. The Morgan fingerprint density at radius 1 is 1.15 bits per heavy atom. The van der Waals surface area contributed by atoms with Crippen LogP contribution in [0.5, 0.6) is 0 Å². The van der Waals surface area contributed by atoms with Crippen LogP contribution in [0.15, 0.2) is 24.3 Å². The number of carbonyl (C=O) groups is 1. The summed E-state index contributed by atoms with van der Waals surface area (Å²) < 4.78 is 5.69. The molecule has 144 valence electrons. The number of nitrogens with zero attached hydrogens (tertiary/aromatic N) is 2. The summed E-state index contributed by atoms with van der Waals surface area (Å²) in [6, 6.07) is 8.75. The number of ether oxygens (including phenoxy) is 1. The maximum atomic E-state index is 11.8. The number of likely N-dealkylation sites (tertiary alicyclic amines) is 1. The number of amides is 1. The molecule has 1 aromatic rings. The smallest absolute Gasteiger partial charge is 0.410 e. The molecule has 1 aromatic carbocycles. The van der Waals surface area contributed by atoms with E-state index >= 15 is 0 Å². The van der Waals surface area contributed by atoms with Gasteiger partial charge in [0, 0.05) is 26.6 Å². The van der Waals surface area contributed by atoms with E-state index in [0.717, 1.165) is 58.3 Å². The first-order valence-electron chi connectivity index (χ1n) is 9.71. The Morgan fingerprint density at radius 3 is 2.46 bits per heavy atom. The molecule has 3 rings (SSSR count). The summed E-state index contributed by atoms with van der Waals surface area (Å²) in [4.78, 5) is 15.9. The average Bonchev–Trinajstić information content (AvgIpc) is 2.73. The van der Waals surface area contributed by atoms with E-state index in [4.69, 9.17) is 4.74 Å². The molecule has 0 aromatic heterocycles. The van der Waals surface area contributed by atoms with Crippen molar-refractivity contribution in [1.82, 2.24) is 9.80 Å². The predicted octanol–water partition coefficient (Wildman–Crippen LogP) is 3.20. The monoisotopic (exact) mass is 360 g/mol. The molecular formula is C21H32N2O3. The van der Waals surface area contributed by atoms with Crippen LogP contribution in [0, 0.1) is 0 Å². The summed E-state index contributed by atoms with van der Waals surface area (Å²) in [5, 5.41) is 9.86. The molecule has 2 aliphatic rings. The van der Waals surface area contributed by atoms with Crippen molar-refractivity contribution in [2.24, 2.45) is 0 Å². The van der Waals surface area contributed by atoms with Gasteiger partial charge in [-0.3, -0.25) is 4.90 Å². The van der Waals surface area contributed by atoms with Crippen molar-refractivity contribution in [1.29, 1.82) is 0 Å². The Kier molecular flexibility index (Phi) is 5.58. The molecule has 1 N–H and O–H groups in total. The molecule has 2 aliphatic heterocycles. The van der Waals surface area contributed by atoms with E-state index in [9.17, 15) is 9.90 Å². The van der Waals surface area contributed by atoms with E-state index in [1.807, 2.05) is 20.9 Å². The Morgan fingerprint density at radius 2 is 1.85 bits per heavy atom. The molecular weight excluding hydrogens is 328 g/mol. The van der Waals surface area contributed by atoms with Gasteiger partial charge in [0.05, 0.1) is 12.1 Å². The van der Waals surface area contributed by atoms with Crippen molar-refractivity contribution in [3.63, 3.8) is 0 Å². The quantitative estimate of drug-likeness (QED) is 0.876. The van der Waals surface area contributed by atoms with Crippen LogP contribution in [0.4, 0.5) is 4.79 Å². The van der Waals surface area contributed by atoms with Crippen molar-refractivity contribution in [2.45, 2.75) is 63.7 Å². The number of rotatable bonds is 5. The van der Waals surface area contributed by atoms with E-state index < -0.39 is 5.60 Å². The first-order chi connectivity index (χ1) is 12.2. The Labute approximate surface area is 156 Å². The molecule has 5 nitrogen and oxygen atoms in total. The first kappa shape index (κ1) is 19.2. The van der Waals surface area contributed by atoms with E-state index in [0.29, 0.717) is 0 Å². The Balaban J connectivity index is 1.52. The number of hydrogen-bond acceptors (Lipinski definition) is 4. The summed E-state index contributed by atoms with van der Waals surface area (Å²) in [7, 11) is 1.82. The fourth-order valence-electron chi connectivity index (χ4n) is 3.95. The van der Waals surface area contributed by atoms with Crippen LogP contribution in [0.2, 0.25) is 0 Å². The van der Waals surface area contributed by atoms with Crippen LogP contribution >= 0.6 is 0 Å². The minimum Gasteiger partial charge on any atom is -0.441 e. The second kappa shape index (κ2) is 7.57. The number of carbonyl (C=O) groups excluding carboxylic acids is 1. The zero-order chi connectivity index (χ0) is 18.8. The number of likely N-dealkylation sites (N-methyl/N-ethyl adjacent to an activating group) is 1. The second-order valence-electron chi connectivity index (χ2n) is 8.67. The number of hydrogen-bond donors (Lipinski definition) is 1. The highest BCUT2D eigenvalue weighted by atomic mass is 16.6. The summed E-state index contributed by atoms with van der Waals surface area (Å²) in [6.07, 6.45) is 4.41. The fraction of sp³-hybridized carbons (Fsp3) is 0.667. The van der Waals surface area contributed by atoms with Crippen molar-refractivity contribution in [3.8, 4) is 0 Å². The van der Waals surface area contributed by atoms with Gasteiger partial charge in [0.15, 0.2) is 0 Å². The summed E-state index contributed by atoms with van der Waals surface area (Å²) in [5.41, 5.74) is 1.69. The maximum Gasteiger partial charge on any atom is 0.410 e. The second-order valence-corrected chi connectivity index (χ2v) is 8.67. The minimum atomic E-state index is -0.613. The molecule has 0 unspecified atom stereocenters. The van der Waals surface area contributed by atoms with Gasteiger partial charge in [-0.05, 0) is 57.2 Å². The lowest BCUT2D eigenvalue weighted by Gasteiger charge is -2.25. The third-order valence-corrected chi connectivity index (χ3v) is 5.59. The third kappa shape index (κ3) is 4.98. The SMILES string of the molecule is CN1C[C@@]2(CCCN(Cc3ccc(CCC(C)(C)O)cc3)CC2)OC1=O. The van der Waals surface area contributed by atoms with Crippen LogP contribution in [-0.4, -0.2) is 58.9 Å². The molecule has 5 heteroatoms. The Bertz CT molecular complexity index is 623. The topological polar surface area (TPSA) is 53.0 Å². The van der Waals surface area contributed by atoms with Gasteiger partial charge in [0.2, 0.25) is 0 Å². The van der Waals surface area contributed by atoms with E-state index in [1.165, 1.54) is 11.1 Å². The highest BCUT2D eigenvalue weighted by Crippen LogP contribution is 2.32. The average molecular weight is 360 g/mol. The molecule has 1 atom stereocenters. The molecule has 2 saturated heterocycles. The summed E-state index contributed by atoms with van der Waals surface area (Å²) in [6.45, 7) is 7.37. The van der Waals surface area contributed by atoms with Crippen LogP contribution in [-0.2, 0) is 17.7 Å². The van der Waals surface area contributed by atoms with Crippen LogP contribution < -0.4 is 0 Å². The largest absolute Gasteiger partial charge is 0.441 e. The molecule has 0 saturated carbocycles. The van der Waals surface area contributed by atoms with Gasteiger partial charge in [-0.25, -0.2) is 4.79 Å². The number of aliphatic hydroxyl groups is 1. The highest BCUT2D eigenvalue weighted by molar-refractivity contribution is 5.70. The van der Waals surface area contributed by atoms with Gasteiger partial charge in [-0.15, -0.1) is 0 Å². The molecule has 0 radical (unpaired) electrons. The summed E-state index contributed by atoms with van der Waals surface area (Å²) >= 11 is 0. The van der Waals surface area contributed by atoms with Gasteiger partial charge in [0.1, 0.15) is 5.60 Å². The number of aryl methyl sites for hydroxylation is 1. The number of benzene rings is 1. The van der Waals surface area contributed by atoms with Crippen LogP contribution in [0.3, 0.4) is 0 Å². The molecule has 2 fully saturated rings.